The van der Waals surface area contributed by atoms with Crippen molar-refractivity contribution < 1.29 is 4.74 Å². The first-order valence-corrected chi connectivity index (χ1v) is 7.64. The molecule has 2 heteroatoms. The third kappa shape index (κ3) is 2.85. The van der Waals surface area contributed by atoms with Crippen molar-refractivity contribution in [3.8, 4) is 0 Å². The summed E-state index contributed by atoms with van der Waals surface area (Å²) in [6, 6.07) is 6.79. The van der Waals surface area contributed by atoms with E-state index in [2.05, 4.69) is 37.4 Å². The highest BCUT2D eigenvalue weighted by Crippen LogP contribution is 2.38. The predicted octanol–water partition coefficient (Wildman–Crippen LogP) is 3.67. The number of ether oxygens (including phenoxy) is 1. The summed E-state index contributed by atoms with van der Waals surface area (Å²) in [4.78, 5) is 0. The van der Waals surface area contributed by atoms with Gasteiger partial charge in [0.15, 0.2) is 0 Å². The lowest BCUT2D eigenvalue weighted by atomic mass is 9.83. The summed E-state index contributed by atoms with van der Waals surface area (Å²) in [5, 5.41) is 3.61. The summed E-state index contributed by atoms with van der Waals surface area (Å²) in [5.41, 5.74) is 4.12. The highest BCUT2D eigenvalue weighted by atomic mass is 16.5. The van der Waals surface area contributed by atoms with Gasteiger partial charge >= 0.3 is 0 Å². The van der Waals surface area contributed by atoms with E-state index in [1.807, 2.05) is 0 Å². The second kappa shape index (κ2) is 5.26. The Morgan fingerprint density at radius 1 is 1.05 bits per heavy atom. The average molecular weight is 259 g/mol. The van der Waals surface area contributed by atoms with Crippen LogP contribution in [0, 0.1) is 13.8 Å². The molecule has 1 aliphatic carbocycles. The maximum atomic E-state index is 6.55. The second-order valence-electron chi connectivity index (χ2n) is 6.40. The minimum atomic E-state index is 0.110. The molecule has 1 aromatic carbocycles. The van der Waals surface area contributed by atoms with Crippen LogP contribution in [0.2, 0.25) is 0 Å². The third-order valence-electron chi connectivity index (χ3n) is 4.55. The molecule has 104 valence electrons. The topological polar surface area (TPSA) is 21.3 Å². The van der Waals surface area contributed by atoms with E-state index in [4.69, 9.17) is 4.74 Å². The second-order valence-corrected chi connectivity index (χ2v) is 6.40. The third-order valence-corrected chi connectivity index (χ3v) is 4.55. The molecule has 1 aromatic rings. The van der Waals surface area contributed by atoms with Gasteiger partial charge in [0.25, 0.3) is 0 Å². The zero-order valence-electron chi connectivity index (χ0n) is 12.2. The van der Waals surface area contributed by atoms with Crippen molar-refractivity contribution in [1.29, 1.82) is 0 Å². The van der Waals surface area contributed by atoms with Crippen LogP contribution in [-0.2, 0) is 4.74 Å². The number of nitrogens with one attached hydrogen (secondary N) is 1. The van der Waals surface area contributed by atoms with Crippen LogP contribution in [0.25, 0.3) is 0 Å². The van der Waals surface area contributed by atoms with E-state index in [1.165, 1.54) is 48.8 Å². The lowest BCUT2D eigenvalue weighted by molar-refractivity contribution is -0.135. The van der Waals surface area contributed by atoms with Gasteiger partial charge in [0.1, 0.15) is 0 Å². The Bertz CT molecular complexity index is 423. The van der Waals surface area contributed by atoms with Gasteiger partial charge in [0.05, 0.1) is 11.7 Å². The van der Waals surface area contributed by atoms with Gasteiger partial charge in [0.2, 0.25) is 0 Å². The first kappa shape index (κ1) is 13.1. The van der Waals surface area contributed by atoms with Gasteiger partial charge in [-0.1, -0.05) is 48.6 Å². The highest BCUT2D eigenvalue weighted by Gasteiger charge is 2.38. The van der Waals surface area contributed by atoms with Gasteiger partial charge in [-0.25, -0.2) is 0 Å². The van der Waals surface area contributed by atoms with Crippen molar-refractivity contribution >= 4 is 0 Å². The molecule has 0 radical (unpaired) electrons. The highest BCUT2D eigenvalue weighted by molar-refractivity contribution is 5.30. The Labute approximate surface area is 116 Å². The number of rotatable bonds is 1. The van der Waals surface area contributed by atoms with Crippen LogP contribution in [0.4, 0.5) is 0 Å². The van der Waals surface area contributed by atoms with E-state index in [0.717, 1.165) is 13.1 Å². The fraction of sp³-hybridized carbons (Fsp3) is 0.647. The van der Waals surface area contributed by atoms with Crippen molar-refractivity contribution in [3.63, 3.8) is 0 Å². The zero-order valence-corrected chi connectivity index (χ0v) is 12.2. The number of hydrogen-bond donors (Lipinski definition) is 1. The Hall–Kier alpha value is -0.860. The lowest BCUT2D eigenvalue weighted by Gasteiger charge is -2.44. The van der Waals surface area contributed by atoms with Gasteiger partial charge in [0, 0.05) is 13.1 Å². The fourth-order valence-corrected chi connectivity index (χ4v) is 3.69. The van der Waals surface area contributed by atoms with Crippen LogP contribution < -0.4 is 5.32 Å². The molecule has 0 aromatic heterocycles. The van der Waals surface area contributed by atoms with Crippen LogP contribution in [0.3, 0.4) is 0 Å². The number of benzene rings is 1. The SMILES string of the molecule is Cc1cc(C)cc(C2CNCC3(CCCCC3)O2)c1. The predicted molar refractivity (Wildman–Crippen MR) is 78.4 cm³/mol. The van der Waals surface area contributed by atoms with Gasteiger partial charge < -0.3 is 10.1 Å². The van der Waals surface area contributed by atoms with Gasteiger partial charge in [-0.15, -0.1) is 0 Å². The van der Waals surface area contributed by atoms with E-state index in [1.54, 1.807) is 0 Å². The van der Waals surface area contributed by atoms with Gasteiger partial charge in [-0.2, -0.15) is 0 Å². The van der Waals surface area contributed by atoms with Crippen LogP contribution in [-0.4, -0.2) is 18.7 Å². The number of aryl methyl sites for hydroxylation is 2. The average Bonchev–Trinajstić information content (AvgIpc) is 2.38. The number of morpholine rings is 1. The van der Waals surface area contributed by atoms with Crippen LogP contribution in [0.15, 0.2) is 18.2 Å². The Morgan fingerprint density at radius 2 is 1.74 bits per heavy atom. The maximum Gasteiger partial charge on any atom is 0.0957 e. The molecule has 1 atom stereocenters. The molecule has 19 heavy (non-hydrogen) atoms. The first-order chi connectivity index (χ1) is 9.17. The van der Waals surface area contributed by atoms with Crippen LogP contribution >= 0.6 is 0 Å². The molecule has 2 nitrogen and oxygen atoms in total. The molecule has 1 N–H and O–H groups in total. The summed E-state index contributed by atoms with van der Waals surface area (Å²) in [7, 11) is 0. The van der Waals surface area contributed by atoms with E-state index in [-0.39, 0.29) is 11.7 Å². The molecule has 1 aliphatic heterocycles. The normalized spacial score (nSPS) is 26.5. The van der Waals surface area contributed by atoms with Gasteiger partial charge in [-0.3, -0.25) is 0 Å². The van der Waals surface area contributed by atoms with Crippen LogP contribution in [0.5, 0.6) is 0 Å². The minimum Gasteiger partial charge on any atom is -0.364 e. The molecule has 1 saturated carbocycles. The molecule has 0 bridgehead atoms. The van der Waals surface area contributed by atoms with E-state index in [9.17, 15) is 0 Å². The molecule has 2 fully saturated rings. The monoisotopic (exact) mass is 259 g/mol. The van der Waals surface area contributed by atoms with Crippen molar-refractivity contribution in [3.05, 3.63) is 34.9 Å². The Balaban J connectivity index is 1.80. The molecule has 2 aliphatic rings. The molecular formula is C17H25NO. The van der Waals surface area contributed by atoms with Crippen LogP contribution in [0.1, 0.15) is 54.9 Å². The molecule has 3 rings (SSSR count). The summed E-state index contributed by atoms with van der Waals surface area (Å²) in [6.45, 7) is 6.32. The lowest BCUT2D eigenvalue weighted by Crippen LogP contribution is -2.51. The van der Waals surface area contributed by atoms with E-state index < -0.39 is 0 Å². The van der Waals surface area contributed by atoms with Crippen molar-refractivity contribution in [2.75, 3.05) is 13.1 Å². The Morgan fingerprint density at radius 3 is 2.42 bits per heavy atom. The quantitative estimate of drug-likeness (QED) is 0.831. The van der Waals surface area contributed by atoms with E-state index >= 15 is 0 Å². The molecule has 1 unspecified atom stereocenters. The molecule has 1 saturated heterocycles. The fourth-order valence-electron chi connectivity index (χ4n) is 3.69. The molecule has 1 heterocycles. The molecule has 1 spiro atoms. The molecule has 0 amide bonds. The maximum absolute atomic E-state index is 6.55. The number of hydrogen-bond acceptors (Lipinski definition) is 2. The largest absolute Gasteiger partial charge is 0.364 e. The Kier molecular flexibility index (Phi) is 3.64. The first-order valence-electron chi connectivity index (χ1n) is 7.64. The van der Waals surface area contributed by atoms with Crippen molar-refractivity contribution in [2.24, 2.45) is 0 Å². The molecular weight excluding hydrogens is 234 g/mol. The summed E-state index contributed by atoms with van der Waals surface area (Å²) >= 11 is 0. The zero-order chi connectivity index (χ0) is 13.3. The van der Waals surface area contributed by atoms with Crippen molar-refractivity contribution in [2.45, 2.75) is 57.7 Å². The summed E-state index contributed by atoms with van der Waals surface area (Å²) in [6.07, 6.45) is 6.69. The smallest absolute Gasteiger partial charge is 0.0957 e. The van der Waals surface area contributed by atoms with E-state index in [0.29, 0.717) is 0 Å². The van der Waals surface area contributed by atoms with Crippen molar-refractivity contribution in [1.82, 2.24) is 5.32 Å². The summed E-state index contributed by atoms with van der Waals surface area (Å²) in [5.74, 6) is 0. The standard InChI is InChI=1S/C17H25NO/c1-13-8-14(2)10-15(9-13)16-11-18-12-17(19-16)6-4-3-5-7-17/h8-10,16,18H,3-7,11-12H2,1-2H3. The summed E-state index contributed by atoms with van der Waals surface area (Å²) < 4.78 is 6.55. The van der Waals surface area contributed by atoms with Gasteiger partial charge in [-0.05, 0) is 32.3 Å². The minimum absolute atomic E-state index is 0.110.